The van der Waals surface area contributed by atoms with E-state index in [9.17, 15) is 4.79 Å². The normalized spacial score (nSPS) is 32.6. The van der Waals surface area contributed by atoms with Crippen molar-refractivity contribution in [1.82, 2.24) is 0 Å². The molecule has 0 aromatic heterocycles. The first kappa shape index (κ1) is 16.1. The van der Waals surface area contributed by atoms with Gasteiger partial charge in [-0.3, -0.25) is 4.79 Å². The van der Waals surface area contributed by atoms with E-state index in [1.54, 1.807) is 0 Å². The van der Waals surface area contributed by atoms with Crippen LogP contribution in [0.15, 0.2) is 11.1 Å². The molecule has 1 fully saturated rings. The van der Waals surface area contributed by atoms with Gasteiger partial charge in [-0.1, -0.05) is 11.1 Å². The van der Waals surface area contributed by atoms with Crippen molar-refractivity contribution in [1.29, 1.82) is 0 Å². The molecule has 0 aromatic rings. The monoisotopic (exact) mass is 298 g/mol. The molecule has 0 N–H and O–H groups in total. The molecule has 0 aromatic carbocycles. The van der Waals surface area contributed by atoms with Crippen molar-refractivity contribution in [2.75, 3.05) is 0 Å². The minimum absolute atomic E-state index is 0.00440. The summed E-state index contributed by atoms with van der Waals surface area (Å²) in [6.45, 7) is 12.3. The first-order chi connectivity index (χ1) is 9.05. The summed E-state index contributed by atoms with van der Waals surface area (Å²) < 4.78 is 12.2. The van der Waals surface area contributed by atoms with Gasteiger partial charge in [0.25, 0.3) is 0 Å². The van der Waals surface area contributed by atoms with Crippen molar-refractivity contribution in [3.63, 3.8) is 0 Å². The van der Waals surface area contributed by atoms with Gasteiger partial charge in [-0.2, -0.15) is 0 Å². The van der Waals surface area contributed by atoms with E-state index >= 15 is 0 Å². The van der Waals surface area contributed by atoms with Crippen LogP contribution >= 0.6 is 11.6 Å². The highest BCUT2D eigenvalue weighted by Crippen LogP contribution is 2.47. The lowest BCUT2D eigenvalue weighted by atomic mass is 9.58. The van der Waals surface area contributed by atoms with Crippen molar-refractivity contribution < 1.29 is 14.1 Å². The highest BCUT2D eigenvalue weighted by molar-refractivity contribution is 6.65. The number of carbonyl (C=O) groups is 1. The third kappa shape index (κ3) is 2.70. The van der Waals surface area contributed by atoms with Crippen molar-refractivity contribution >= 4 is 24.0 Å². The maximum Gasteiger partial charge on any atom is 0.462 e. The summed E-state index contributed by atoms with van der Waals surface area (Å²) in [6, 6.07) is 0. The maximum absolute atomic E-state index is 11.8. The molecule has 0 unspecified atom stereocenters. The first-order valence-electron chi connectivity index (χ1n) is 7.25. The lowest BCUT2D eigenvalue weighted by molar-refractivity contribution is -0.115. The van der Waals surface area contributed by atoms with Crippen molar-refractivity contribution in [2.45, 2.75) is 71.4 Å². The predicted molar refractivity (Wildman–Crippen MR) is 81.8 cm³/mol. The van der Waals surface area contributed by atoms with Crippen LogP contribution in [0.3, 0.4) is 0 Å². The van der Waals surface area contributed by atoms with Gasteiger partial charge >= 0.3 is 7.12 Å². The van der Waals surface area contributed by atoms with E-state index in [0.717, 1.165) is 6.42 Å². The van der Waals surface area contributed by atoms with E-state index in [1.165, 1.54) is 11.1 Å². The smallest absolute Gasteiger partial charge is 0.403 e. The topological polar surface area (TPSA) is 35.5 Å². The predicted octanol–water partition coefficient (Wildman–Crippen LogP) is 3.96. The molecule has 0 saturated carbocycles. The molecule has 0 spiro atoms. The molecule has 20 heavy (non-hydrogen) atoms. The van der Waals surface area contributed by atoms with Crippen molar-refractivity contribution in [2.24, 2.45) is 5.92 Å². The Balaban J connectivity index is 2.26. The number of allylic oxidation sites excluding steroid dienone is 2. The Morgan fingerprint density at radius 2 is 1.55 bits per heavy atom. The molecular formula is C15H24BClO3. The Labute approximate surface area is 127 Å². The average Bonchev–Trinajstić information content (AvgIpc) is 2.51. The van der Waals surface area contributed by atoms with Gasteiger partial charge in [-0.25, -0.2) is 0 Å². The minimum Gasteiger partial charge on any atom is -0.403 e. The van der Waals surface area contributed by atoms with Gasteiger partial charge in [-0.15, -0.1) is 0 Å². The summed E-state index contributed by atoms with van der Waals surface area (Å²) in [5.74, 6) is -0.209. The van der Waals surface area contributed by atoms with Gasteiger partial charge in [-0.05, 0) is 66.0 Å². The molecule has 3 nitrogen and oxygen atoms in total. The molecular weight excluding hydrogens is 274 g/mol. The van der Waals surface area contributed by atoms with E-state index in [1.807, 2.05) is 27.7 Å². The zero-order valence-electron chi connectivity index (χ0n) is 13.2. The Morgan fingerprint density at radius 3 is 2.00 bits per heavy atom. The Kier molecular flexibility index (Phi) is 4.14. The summed E-state index contributed by atoms with van der Waals surface area (Å²) in [6.07, 6.45) is 1.52. The molecule has 2 atom stereocenters. The van der Waals surface area contributed by atoms with Crippen LogP contribution in [0.1, 0.15) is 54.4 Å². The Hall–Kier alpha value is -0.315. The summed E-state index contributed by atoms with van der Waals surface area (Å²) in [4.78, 5) is 11.8. The van der Waals surface area contributed by atoms with Crippen LogP contribution in [0, 0.1) is 5.92 Å². The number of hydrogen-bond acceptors (Lipinski definition) is 3. The largest absolute Gasteiger partial charge is 0.462 e. The average molecular weight is 299 g/mol. The number of carbonyl (C=O) groups excluding carboxylic acids is 1. The molecule has 5 heteroatoms. The molecule has 2 rings (SSSR count). The molecule has 1 aliphatic carbocycles. The zero-order chi connectivity index (χ0) is 15.3. The van der Waals surface area contributed by atoms with Crippen LogP contribution in [0.5, 0.6) is 0 Å². The first-order valence-corrected chi connectivity index (χ1v) is 7.63. The van der Waals surface area contributed by atoms with Crippen molar-refractivity contribution in [3.05, 3.63) is 11.1 Å². The fourth-order valence-electron chi connectivity index (χ4n) is 2.92. The second-order valence-electron chi connectivity index (χ2n) is 7.17. The molecule has 0 amide bonds. The summed E-state index contributed by atoms with van der Waals surface area (Å²) in [5.41, 5.74) is 1.83. The highest BCUT2D eigenvalue weighted by atomic mass is 35.5. The van der Waals surface area contributed by atoms with Gasteiger partial charge in [0.15, 0.2) is 0 Å². The summed E-state index contributed by atoms with van der Waals surface area (Å²) >= 11 is 5.81. The van der Waals surface area contributed by atoms with Gasteiger partial charge in [0.05, 0.1) is 11.2 Å². The SMILES string of the molecule is CC1=C(C)C[C@@H](C(=O)Cl)[C@H](B2OC(C)(C)C(C)(C)O2)C1. The van der Waals surface area contributed by atoms with Gasteiger partial charge in [0.1, 0.15) is 0 Å². The number of hydrogen-bond donors (Lipinski definition) is 0. The van der Waals surface area contributed by atoms with E-state index in [-0.39, 0.29) is 35.3 Å². The van der Waals surface area contributed by atoms with Gasteiger partial charge < -0.3 is 9.31 Å². The molecule has 112 valence electrons. The van der Waals surface area contributed by atoms with Crippen LogP contribution in [0.25, 0.3) is 0 Å². The van der Waals surface area contributed by atoms with E-state index in [2.05, 4.69) is 13.8 Å². The highest BCUT2D eigenvalue weighted by Gasteiger charge is 2.56. The maximum atomic E-state index is 11.8. The second kappa shape index (κ2) is 5.15. The molecule has 2 aliphatic rings. The molecule has 1 saturated heterocycles. The van der Waals surface area contributed by atoms with Crippen molar-refractivity contribution in [3.8, 4) is 0 Å². The third-order valence-corrected chi connectivity index (χ3v) is 5.51. The second-order valence-corrected chi connectivity index (χ2v) is 7.54. The lowest BCUT2D eigenvalue weighted by Crippen LogP contribution is -2.41. The number of rotatable bonds is 2. The Morgan fingerprint density at radius 1 is 1.10 bits per heavy atom. The van der Waals surface area contributed by atoms with Gasteiger partial charge in [0, 0.05) is 11.7 Å². The van der Waals surface area contributed by atoms with Crippen LogP contribution < -0.4 is 0 Å². The van der Waals surface area contributed by atoms with E-state index in [4.69, 9.17) is 20.9 Å². The minimum atomic E-state index is -0.373. The molecule has 1 aliphatic heterocycles. The van der Waals surface area contributed by atoms with E-state index < -0.39 is 0 Å². The van der Waals surface area contributed by atoms with Crippen LogP contribution in [0.4, 0.5) is 0 Å². The standard InChI is InChI=1S/C15H24BClO3/c1-9-7-11(13(17)18)12(8-10(9)2)16-19-14(3,4)15(5,6)20-16/h11-12H,7-8H2,1-6H3/t11-,12-/m1/s1. The lowest BCUT2D eigenvalue weighted by Gasteiger charge is -2.32. The molecule has 0 bridgehead atoms. The van der Waals surface area contributed by atoms with Crippen LogP contribution in [-0.4, -0.2) is 23.6 Å². The van der Waals surface area contributed by atoms with Gasteiger partial charge in [0.2, 0.25) is 5.24 Å². The number of halogens is 1. The molecule has 1 heterocycles. The summed E-state index contributed by atoms with van der Waals surface area (Å²) in [7, 11) is -0.365. The fourth-order valence-corrected chi connectivity index (χ4v) is 3.16. The zero-order valence-corrected chi connectivity index (χ0v) is 14.0. The van der Waals surface area contributed by atoms with Crippen LogP contribution in [0.2, 0.25) is 5.82 Å². The fraction of sp³-hybridized carbons (Fsp3) is 0.800. The summed E-state index contributed by atoms with van der Waals surface area (Å²) in [5, 5.41) is -0.281. The molecule has 0 radical (unpaired) electrons. The Bertz CT molecular complexity index is 440. The van der Waals surface area contributed by atoms with Crippen LogP contribution in [-0.2, 0) is 14.1 Å². The van der Waals surface area contributed by atoms with E-state index in [0.29, 0.717) is 6.42 Å². The quantitative estimate of drug-likeness (QED) is 0.440. The third-order valence-electron chi connectivity index (χ3n) is 5.23.